The van der Waals surface area contributed by atoms with Crippen LogP contribution in [0, 0.1) is 0 Å². The van der Waals surface area contributed by atoms with Crippen LogP contribution in [0.25, 0.3) is 6.08 Å². The summed E-state index contributed by atoms with van der Waals surface area (Å²) in [6.07, 6.45) is 5.84. The van der Waals surface area contributed by atoms with Crippen LogP contribution in [0.3, 0.4) is 0 Å². The second-order valence-electron chi connectivity index (χ2n) is 2.47. The standard InChI is InChI=1S/C8H7NO2.H3O4P/c10-8(11)2-1-7-3-5-9-6-4-7;1-5(2,3)4/h1-6H,(H,10,11);(H3,1,2,3,4)/b2-1+;. The van der Waals surface area contributed by atoms with E-state index in [4.69, 9.17) is 24.4 Å². The number of aromatic nitrogens is 1. The average molecular weight is 247 g/mol. The van der Waals surface area contributed by atoms with Gasteiger partial charge in [0, 0.05) is 18.5 Å². The molecule has 4 N–H and O–H groups in total. The Bertz CT molecular complexity index is 390. The van der Waals surface area contributed by atoms with Crippen molar-refractivity contribution in [3.63, 3.8) is 0 Å². The summed E-state index contributed by atoms with van der Waals surface area (Å²) in [5.41, 5.74) is 0.836. The van der Waals surface area contributed by atoms with E-state index < -0.39 is 13.8 Å². The molecule has 1 aromatic heterocycles. The lowest BCUT2D eigenvalue weighted by Gasteiger charge is -1.87. The zero-order chi connectivity index (χ0) is 12.6. The molecule has 1 heterocycles. The number of hydrogen-bond acceptors (Lipinski definition) is 3. The second kappa shape index (κ2) is 6.86. The molecule has 0 saturated carbocycles. The molecule has 88 valence electrons. The highest BCUT2D eigenvalue weighted by Crippen LogP contribution is 2.25. The number of hydrogen-bond donors (Lipinski definition) is 4. The largest absolute Gasteiger partial charge is 0.478 e. The van der Waals surface area contributed by atoms with Gasteiger partial charge in [-0.3, -0.25) is 4.98 Å². The van der Waals surface area contributed by atoms with Gasteiger partial charge in [0.2, 0.25) is 0 Å². The van der Waals surface area contributed by atoms with E-state index in [1.807, 2.05) is 0 Å². The van der Waals surface area contributed by atoms with Crippen molar-refractivity contribution in [3.05, 3.63) is 36.2 Å². The number of phosphoric acid groups is 1. The van der Waals surface area contributed by atoms with Crippen molar-refractivity contribution in [1.82, 2.24) is 4.98 Å². The first-order valence-electron chi connectivity index (χ1n) is 3.88. The normalized spacial score (nSPS) is 10.7. The topological polar surface area (TPSA) is 128 Å². The minimum atomic E-state index is -4.64. The molecule has 0 bridgehead atoms. The summed E-state index contributed by atoms with van der Waals surface area (Å²) < 4.78 is 8.88. The molecule has 0 aliphatic rings. The molecule has 1 aromatic rings. The van der Waals surface area contributed by atoms with Crippen LogP contribution in [0.1, 0.15) is 5.56 Å². The van der Waals surface area contributed by atoms with Gasteiger partial charge < -0.3 is 19.8 Å². The molecule has 0 radical (unpaired) electrons. The van der Waals surface area contributed by atoms with Crippen molar-refractivity contribution in [3.8, 4) is 0 Å². The van der Waals surface area contributed by atoms with Crippen molar-refractivity contribution in [2.75, 3.05) is 0 Å². The molecule has 16 heavy (non-hydrogen) atoms. The molecular formula is C8H10NO6P. The highest BCUT2D eigenvalue weighted by atomic mass is 31.2. The van der Waals surface area contributed by atoms with Crippen LogP contribution in [-0.2, 0) is 9.36 Å². The monoisotopic (exact) mass is 247 g/mol. The van der Waals surface area contributed by atoms with E-state index in [2.05, 4.69) is 4.98 Å². The SMILES string of the molecule is O=C(O)/C=C/c1ccncc1.O=P(O)(O)O. The van der Waals surface area contributed by atoms with Gasteiger partial charge in [0.25, 0.3) is 0 Å². The maximum Gasteiger partial charge on any atom is 0.466 e. The Hall–Kier alpha value is -1.53. The van der Waals surface area contributed by atoms with Crippen LogP contribution in [0.2, 0.25) is 0 Å². The van der Waals surface area contributed by atoms with E-state index in [0.29, 0.717) is 0 Å². The minimum Gasteiger partial charge on any atom is -0.478 e. The molecule has 8 heteroatoms. The Labute approximate surface area is 91.0 Å². The molecule has 7 nitrogen and oxygen atoms in total. The molecule has 0 aliphatic heterocycles. The third-order valence-electron chi connectivity index (χ3n) is 1.12. The lowest BCUT2D eigenvalue weighted by atomic mass is 10.2. The van der Waals surface area contributed by atoms with Crippen LogP contribution in [0.15, 0.2) is 30.6 Å². The number of aliphatic carboxylic acids is 1. The first-order chi connectivity index (χ1) is 7.29. The van der Waals surface area contributed by atoms with E-state index >= 15 is 0 Å². The molecule has 0 atom stereocenters. The van der Waals surface area contributed by atoms with Crippen molar-refractivity contribution in [2.45, 2.75) is 0 Å². The van der Waals surface area contributed by atoms with Crippen LogP contribution in [-0.4, -0.2) is 30.7 Å². The molecule has 0 aromatic carbocycles. The fourth-order valence-corrected chi connectivity index (χ4v) is 0.642. The van der Waals surface area contributed by atoms with Crippen LogP contribution in [0.4, 0.5) is 0 Å². The van der Waals surface area contributed by atoms with Crippen molar-refractivity contribution >= 4 is 19.9 Å². The molecule has 0 aliphatic carbocycles. The summed E-state index contributed by atoms with van der Waals surface area (Å²) >= 11 is 0. The van der Waals surface area contributed by atoms with E-state index in [9.17, 15) is 4.79 Å². The van der Waals surface area contributed by atoms with Gasteiger partial charge in [-0.2, -0.15) is 0 Å². The van der Waals surface area contributed by atoms with Crippen LogP contribution in [0.5, 0.6) is 0 Å². The van der Waals surface area contributed by atoms with E-state index in [1.165, 1.54) is 6.08 Å². The first kappa shape index (κ1) is 14.5. The smallest absolute Gasteiger partial charge is 0.466 e. The summed E-state index contributed by atoms with van der Waals surface area (Å²) in [5.74, 6) is -0.943. The summed E-state index contributed by atoms with van der Waals surface area (Å²) in [4.78, 5) is 35.4. The highest BCUT2D eigenvalue weighted by molar-refractivity contribution is 7.45. The summed E-state index contributed by atoms with van der Waals surface area (Å²) in [7, 11) is -4.64. The van der Waals surface area contributed by atoms with Gasteiger partial charge in [-0.1, -0.05) is 0 Å². The zero-order valence-corrected chi connectivity index (χ0v) is 8.86. The molecule has 0 spiro atoms. The van der Waals surface area contributed by atoms with Crippen LogP contribution >= 0.6 is 7.82 Å². The Kier molecular flexibility index (Phi) is 6.21. The number of carbonyl (C=O) groups is 1. The number of carboxylic acid groups (broad SMARTS) is 1. The van der Waals surface area contributed by atoms with Gasteiger partial charge in [0.05, 0.1) is 0 Å². The fraction of sp³-hybridized carbons (Fsp3) is 0. The van der Waals surface area contributed by atoms with Crippen molar-refractivity contribution in [2.24, 2.45) is 0 Å². The highest BCUT2D eigenvalue weighted by Gasteiger charge is 2.00. The van der Waals surface area contributed by atoms with Gasteiger partial charge in [0.15, 0.2) is 0 Å². The Morgan fingerprint density at radius 3 is 2.06 bits per heavy atom. The predicted octanol–water partition coefficient (Wildman–Crippen LogP) is 0.251. The molecule has 1 rings (SSSR count). The van der Waals surface area contributed by atoms with E-state index in [0.717, 1.165) is 11.6 Å². The predicted molar refractivity (Wildman–Crippen MR) is 55.2 cm³/mol. The Morgan fingerprint density at radius 1 is 1.25 bits per heavy atom. The van der Waals surface area contributed by atoms with Gasteiger partial charge in [-0.25, -0.2) is 9.36 Å². The molecule has 0 unspecified atom stereocenters. The maximum absolute atomic E-state index is 10.1. The van der Waals surface area contributed by atoms with Gasteiger partial charge in [0.1, 0.15) is 0 Å². The summed E-state index contributed by atoms with van der Waals surface area (Å²) in [6, 6.07) is 3.47. The lowest BCUT2D eigenvalue weighted by molar-refractivity contribution is -0.131. The Balaban J connectivity index is 0.000000385. The van der Waals surface area contributed by atoms with Crippen molar-refractivity contribution in [1.29, 1.82) is 0 Å². The van der Waals surface area contributed by atoms with Crippen molar-refractivity contribution < 1.29 is 29.1 Å². The third-order valence-corrected chi connectivity index (χ3v) is 1.12. The Morgan fingerprint density at radius 2 is 1.69 bits per heavy atom. The summed E-state index contributed by atoms with van der Waals surface area (Å²) in [6.45, 7) is 0. The zero-order valence-electron chi connectivity index (χ0n) is 7.96. The maximum atomic E-state index is 10.1. The molecule has 0 fully saturated rings. The lowest BCUT2D eigenvalue weighted by Crippen LogP contribution is -1.85. The first-order valence-corrected chi connectivity index (χ1v) is 5.45. The number of carboxylic acids is 1. The van der Waals surface area contributed by atoms with Gasteiger partial charge in [-0.05, 0) is 23.8 Å². The number of pyridine rings is 1. The second-order valence-corrected chi connectivity index (χ2v) is 3.49. The fourth-order valence-electron chi connectivity index (χ4n) is 0.642. The minimum absolute atomic E-state index is 0.836. The van der Waals surface area contributed by atoms with E-state index in [1.54, 1.807) is 24.5 Å². The quantitative estimate of drug-likeness (QED) is 0.435. The third kappa shape index (κ3) is 12.5. The molecule has 0 saturated heterocycles. The summed E-state index contributed by atoms with van der Waals surface area (Å²) in [5, 5.41) is 8.27. The van der Waals surface area contributed by atoms with Gasteiger partial charge in [-0.15, -0.1) is 0 Å². The average Bonchev–Trinajstić information content (AvgIpc) is 2.14. The molecular weight excluding hydrogens is 237 g/mol. The number of rotatable bonds is 2. The van der Waals surface area contributed by atoms with Crippen LogP contribution < -0.4 is 0 Å². The number of nitrogens with zero attached hydrogens (tertiary/aromatic N) is 1. The molecule has 0 amide bonds. The van der Waals surface area contributed by atoms with E-state index in [-0.39, 0.29) is 0 Å². The van der Waals surface area contributed by atoms with Gasteiger partial charge >= 0.3 is 13.8 Å².